The number of likely N-dealkylation sites (N-methyl/N-ethyl adjacent to an activating group) is 1. The molecule has 0 bridgehead atoms. The Hall–Kier alpha value is 0.430. The quantitative estimate of drug-likeness (QED) is 0.445. The first-order valence-corrected chi connectivity index (χ1v) is 7.18. The number of halogens is 3. The number of hydrogen-bond donors (Lipinski definition) is 2. The lowest BCUT2D eigenvalue weighted by Crippen LogP contribution is -2.29. The lowest BCUT2D eigenvalue weighted by molar-refractivity contribution is 0.643. The van der Waals surface area contributed by atoms with E-state index in [9.17, 15) is 0 Å². The van der Waals surface area contributed by atoms with Crippen LogP contribution in [0.25, 0.3) is 5.57 Å². The molecule has 0 fully saturated rings. The minimum atomic E-state index is 0. The highest BCUT2D eigenvalue weighted by atomic mass is 127. The van der Waals surface area contributed by atoms with E-state index in [0.717, 1.165) is 37.4 Å². The van der Waals surface area contributed by atoms with Gasteiger partial charge in [0.05, 0.1) is 0 Å². The molecule has 1 aromatic rings. The number of nitrogens with zero attached hydrogens (tertiary/aromatic N) is 1. The third kappa shape index (κ3) is 5.53. The van der Waals surface area contributed by atoms with Crippen molar-refractivity contribution < 1.29 is 0 Å². The maximum Gasteiger partial charge on any atom is 0.0458 e. The summed E-state index contributed by atoms with van der Waals surface area (Å²) in [7, 11) is 2.07. The topological polar surface area (TPSA) is 55.3 Å². The molecule has 1 aromatic carbocycles. The zero-order chi connectivity index (χ0) is 13.8. The van der Waals surface area contributed by atoms with Gasteiger partial charge in [0.25, 0.3) is 0 Å². The highest BCUT2D eigenvalue weighted by molar-refractivity contribution is 14.0. The van der Waals surface area contributed by atoms with E-state index in [1.807, 2.05) is 12.1 Å². The van der Waals surface area contributed by atoms with Crippen molar-refractivity contribution in [2.75, 3.05) is 25.0 Å². The van der Waals surface area contributed by atoms with Gasteiger partial charge in [0.2, 0.25) is 0 Å². The van der Waals surface area contributed by atoms with Crippen LogP contribution in [0.2, 0.25) is 5.02 Å². The Kier molecular flexibility index (Phi) is 10.5. The van der Waals surface area contributed by atoms with E-state index in [-0.39, 0.29) is 54.0 Å². The molecule has 1 aliphatic rings. The first-order valence-electron chi connectivity index (χ1n) is 6.80. The molecule has 0 saturated heterocycles. The Bertz CT molecular complexity index is 480. The van der Waals surface area contributed by atoms with Crippen LogP contribution in [-0.4, -0.2) is 26.2 Å². The normalized spacial score (nSPS) is 14.5. The van der Waals surface area contributed by atoms with E-state index in [1.165, 1.54) is 16.8 Å². The van der Waals surface area contributed by atoms with Crippen LogP contribution in [0.4, 0.5) is 5.69 Å². The number of benzene rings is 1. The summed E-state index contributed by atoms with van der Waals surface area (Å²) < 4.78 is 0. The van der Waals surface area contributed by atoms with Crippen molar-refractivity contribution in [1.29, 1.82) is 0 Å². The second-order valence-electron chi connectivity index (χ2n) is 5.09. The number of anilines is 1. The summed E-state index contributed by atoms with van der Waals surface area (Å²) in [4.78, 5) is 2.19. The molecular formula is C15H24ClI2N3. The van der Waals surface area contributed by atoms with E-state index in [0.29, 0.717) is 0 Å². The summed E-state index contributed by atoms with van der Waals surface area (Å²) in [5.74, 6) is 0. The van der Waals surface area contributed by atoms with Gasteiger partial charge >= 0.3 is 0 Å². The highest BCUT2D eigenvalue weighted by Crippen LogP contribution is 2.34. The van der Waals surface area contributed by atoms with Gasteiger partial charge < -0.3 is 16.4 Å². The van der Waals surface area contributed by atoms with Crippen LogP contribution in [-0.2, 0) is 0 Å². The first-order chi connectivity index (χ1) is 9.13. The summed E-state index contributed by atoms with van der Waals surface area (Å²) in [5, 5.41) is 0.767. The van der Waals surface area contributed by atoms with Crippen LogP contribution in [0.1, 0.15) is 24.8 Å². The molecule has 1 aliphatic heterocycles. The van der Waals surface area contributed by atoms with Gasteiger partial charge in [0.15, 0.2) is 0 Å². The standard InChI is InChI=1S/C15H22ClN3.2HI/c1-19-9-7-12(14(18)4-2-3-8-17)13-6-5-11(16)10-15(13)19;;/h5-7,10,14H,2-4,8-9,17-18H2,1H3;2*1H. The molecule has 0 radical (unpaired) electrons. The minimum Gasteiger partial charge on any atom is -0.370 e. The van der Waals surface area contributed by atoms with Gasteiger partial charge in [-0.1, -0.05) is 30.2 Å². The fraction of sp³-hybridized carbons (Fsp3) is 0.467. The van der Waals surface area contributed by atoms with Crippen molar-refractivity contribution in [1.82, 2.24) is 0 Å². The lowest BCUT2D eigenvalue weighted by atomic mass is 9.91. The van der Waals surface area contributed by atoms with E-state index >= 15 is 0 Å². The van der Waals surface area contributed by atoms with Gasteiger partial charge in [-0.25, -0.2) is 0 Å². The molecule has 1 heterocycles. The summed E-state index contributed by atoms with van der Waals surface area (Å²) in [6.07, 6.45) is 5.32. The Morgan fingerprint density at radius 2 is 2.00 bits per heavy atom. The van der Waals surface area contributed by atoms with Crippen LogP contribution in [0.5, 0.6) is 0 Å². The third-order valence-electron chi connectivity index (χ3n) is 3.64. The molecule has 0 aliphatic carbocycles. The van der Waals surface area contributed by atoms with Gasteiger partial charge in [-0.3, -0.25) is 0 Å². The predicted octanol–water partition coefficient (Wildman–Crippen LogP) is 3.87. The SMILES string of the molecule is CN1CC=C(C(N)CCCCN)c2ccc(Cl)cc21.I.I. The maximum absolute atomic E-state index is 6.33. The Morgan fingerprint density at radius 1 is 1.29 bits per heavy atom. The molecule has 4 N–H and O–H groups in total. The molecule has 0 spiro atoms. The van der Waals surface area contributed by atoms with Crippen molar-refractivity contribution in [2.45, 2.75) is 25.3 Å². The summed E-state index contributed by atoms with van der Waals surface area (Å²) in [6, 6.07) is 6.10. The highest BCUT2D eigenvalue weighted by Gasteiger charge is 2.20. The van der Waals surface area contributed by atoms with Crippen molar-refractivity contribution in [3.8, 4) is 0 Å². The van der Waals surface area contributed by atoms with Crippen LogP contribution in [0.3, 0.4) is 0 Å². The fourth-order valence-corrected chi connectivity index (χ4v) is 2.69. The zero-order valence-electron chi connectivity index (χ0n) is 12.2. The average Bonchev–Trinajstić information content (AvgIpc) is 2.40. The molecule has 2 rings (SSSR count). The summed E-state index contributed by atoms with van der Waals surface area (Å²) >= 11 is 6.08. The summed E-state index contributed by atoms with van der Waals surface area (Å²) in [5.41, 5.74) is 15.5. The lowest BCUT2D eigenvalue weighted by Gasteiger charge is -2.30. The molecule has 1 unspecified atom stereocenters. The fourth-order valence-electron chi connectivity index (χ4n) is 2.52. The van der Waals surface area contributed by atoms with Crippen LogP contribution in [0.15, 0.2) is 24.3 Å². The molecule has 6 heteroatoms. The number of rotatable bonds is 5. The average molecular weight is 536 g/mol. The van der Waals surface area contributed by atoms with Gasteiger partial charge in [0, 0.05) is 35.9 Å². The molecule has 0 amide bonds. The Labute approximate surface area is 166 Å². The van der Waals surface area contributed by atoms with E-state index < -0.39 is 0 Å². The Morgan fingerprint density at radius 3 is 2.67 bits per heavy atom. The molecule has 3 nitrogen and oxygen atoms in total. The third-order valence-corrected chi connectivity index (χ3v) is 3.87. The molecule has 120 valence electrons. The molecule has 1 atom stereocenters. The summed E-state index contributed by atoms with van der Waals surface area (Å²) in [6.45, 7) is 1.62. The second kappa shape index (κ2) is 10.3. The van der Waals surface area contributed by atoms with Crippen LogP contribution >= 0.6 is 59.6 Å². The van der Waals surface area contributed by atoms with Crippen molar-refractivity contribution >= 4 is 70.8 Å². The first kappa shape index (κ1) is 21.4. The van der Waals surface area contributed by atoms with Crippen LogP contribution < -0.4 is 16.4 Å². The van der Waals surface area contributed by atoms with Gasteiger partial charge in [-0.05, 0) is 37.1 Å². The zero-order valence-corrected chi connectivity index (χ0v) is 17.6. The van der Waals surface area contributed by atoms with E-state index in [1.54, 1.807) is 0 Å². The molecule has 0 aromatic heterocycles. The number of nitrogens with two attached hydrogens (primary N) is 2. The van der Waals surface area contributed by atoms with Crippen molar-refractivity contribution in [3.63, 3.8) is 0 Å². The monoisotopic (exact) mass is 535 g/mol. The molecular weight excluding hydrogens is 511 g/mol. The minimum absolute atomic E-state index is 0. The predicted molar refractivity (Wildman–Crippen MR) is 114 cm³/mol. The van der Waals surface area contributed by atoms with Gasteiger partial charge in [0.1, 0.15) is 0 Å². The van der Waals surface area contributed by atoms with Crippen molar-refractivity contribution in [2.24, 2.45) is 11.5 Å². The van der Waals surface area contributed by atoms with E-state index in [4.69, 9.17) is 23.1 Å². The van der Waals surface area contributed by atoms with E-state index in [2.05, 4.69) is 24.1 Å². The number of hydrogen-bond acceptors (Lipinski definition) is 3. The largest absolute Gasteiger partial charge is 0.370 e. The second-order valence-corrected chi connectivity index (χ2v) is 5.53. The smallest absolute Gasteiger partial charge is 0.0458 e. The van der Waals surface area contributed by atoms with Crippen molar-refractivity contribution in [3.05, 3.63) is 34.9 Å². The molecule has 21 heavy (non-hydrogen) atoms. The van der Waals surface area contributed by atoms with Crippen LogP contribution in [0, 0.1) is 0 Å². The number of fused-ring (bicyclic) bond motifs is 1. The van der Waals surface area contributed by atoms with Gasteiger partial charge in [-0.15, -0.1) is 48.0 Å². The number of unbranched alkanes of at least 4 members (excludes halogenated alkanes) is 1. The van der Waals surface area contributed by atoms with Gasteiger partial charge in [-0.2, -0.15) is 0 Å². The Balaban J connectivity index is 0.00000200. The maximum atomic E-state index is 6.33. The molecule has 0 saturated carbocycles.